The van der Waals surface area contributed by atoms with Crippen LogP contribution in [0, 0.1) is 5.82 Å². The number of fused-ring (bicyclic) bond motifs is 1. The van der Waals surface area contributed by atoms with Crippen LogP contribution in [0.15, 0.2) is 59.8 Å². The summed E-state index contributed by atoms with van der Waals surface area (Å²) in [6.07, 6.45) is -3.75. The molecule has 2 aromatic carbocycles. The molecule has 3 atom stereocenters. The van der Waals surface area contributed by atoms with Crippen molar-refractivity contribution in [1.29, 1.82) is 0 Å². The maximum Gasteiger partial charge on any atom is 0.453 e. The van der Waals surface area contributed by atoms with Crippen LogP contribution in [-0.2, 0) is 23.1 Å². The zero-order valence-electron chi connectivity index (χ0n) is 23.9. The minimum atomic E-state index is -4.72. The summed E-state index contributed by atoms with van der Waals surface area (Å²) in [6.45, 7) is 2.87. The molecular weight excluding hydrogens is 623 g/mol. The standard InChI is InChI=1S/C30H26F7N7O2/c1-2-28(32)13-23(38)24(45)10-17(9-16-3-5-18(6-4-16)44-15-39-26(42-44)30(35,36)37)19-11-20(22(31)12-21(19)28)25-40-41-27(46-25)43-8-7-29(33,34)14-43/h2-6,11-12,15,17,23H,1,7-10,13-14,38H2/t17?,23-,28?/m0/s1. The zero-order chi connectivity index (χ0) is 33.0. The molecule has 1 saturated heterocycles. The van der Waals surface area contributed by atoms with Gasteiger partial charge in [0.05, 0.1) is 23.8 Å². The summed E-state index contributed by atoms with van der Waals surface area (Å²) in [7, 11) is 0. The number of alkyl halides is 6. The Kier molecular flexibility index (Phi) is 7.73. The van der Waals surface area contributed by atoms with Crippen LogP contribution in [0.1, 0.15) is 47.7 Å². The fraction of sp³-hybridized carbons (Fsp3) is 0.367. The van der Waals surface area contributed by atoms with Crippen molar-refractivity contribution in [1.82, 2.24) is 25.0 Å². The molecule has 0 saturated carbocycles. The highest BCUT2D eigenvalue weighted by Crippen LogP contribution is 2.44. The summed E-state index contributed by atoms with van der Waals surface area (Å²) < 4.78 is 105. The Labute approximate surface area is 256 Å². The van der Waals surface area contributed by atoms with Crippen LogP contribution < -0.4 is 10.6 Å². The number of anilines is 1. The molecule has 3 heterocycles. The van der Waals surface area contributed by atoms with Gasteiger partial charge in [-0.2, -0.15) is 13.2 Å². The summed E-state index contributed by atoms with van der Waals surface area (Å²) in [5, 5.41) is 11.1. The number of ketones is 1. The third-order valence-electron chi connectivity index (χ3n) is 8.24. The number of carbonyl (C=O) groups excluding carboxylic acids is 1. The number of aromatic nitrogens is 5. The molecule has 6 rings (SSSR count). The van der Waals surface area contributed by atoms with Gasteiger partial charge in [0.1, 0.15) is 17.9 Å². The van der Waals surface area contributed by atoms with E-state index >= 15 is 8.78 Å². The van der Waals surface area contributed by atoms with E-state index in [9.17, 15) is 26.7 Å². The van der Waals surface area contributed by atoms with E-state index in [0.29, 0.717) is 5.56 Å². The van der Waals surface area contributed by atoms with E-state index in [4.69, 9.17) is 10.2 Å². The number of allylic oxidation sites excluding steroid dienone is 1. The van der Waals surface area contributed by atoms with Gasteiger partial charge < -0.3 is 15.1 Å². The lowest BCUT2D eigenvalue weighted by Gasteiger charge is -2.33. The van der Waals surface area contributed by atoms with Gasteiger partial charge in [-0.3, -0.25) is 4.79 Å². The SMILES string of the molecule is C=CC1(F)C[C@H](N)C(=O)CC(Cc2ccc(-n3cnc(C(F)(F)F)n3)cc2)c2cc(-c3nnc(N4CCC(F)(F)C4)o3)c(F)cc21. The van der Waals surface area contributed by atoms with Crippen molar-refractivity contribution >= 4 is 11.8 Å². The first kappa shape index (κ1) is 31.4. The van der Waals surface area contributed by atoms with Gasteiger partial charge in [-0.1, -0.05) is 29.9 Å². The van der Waals surface area contributed by atoms with E-state index in [0.717, 1.165) is 23.2 Å². The van der Waals surface area contributed by atoms with Gasteiger partial charge in [-0.05, 0) is 53.3 Å². The molecule has 4 aromatic rings. The third kappa shape index (κ3) is 6.00. The van der Waals surface area contributed by atoms with Crippen molar-refractivity contribution in [3.8, 4) is 17.1 Å². The Morgan fingerprint density at radius 1 is 1.13 bits per heavy atom. The molecule has 0 spiro atoms. The number of rotatable bonds is 6. The Hall–Kier alpha value is -4.60. The Morgan fingerprint density at radius 3 is 2.50 bits per heavy atom. The van der Waals surface area contributed by atoms with Gasteiger partial charge in [-0.15, -0.1) is 10.2 Å². The van der Waals surface area contributed by atoms with Gasteiger partial charge >= 0.3 is 12.2 Å². The van der Waals surface area contributed by atoms with Crippen LogP contribution in [0.25, 0.3) is 17.1 Å². The Balaban J connectivity index is 1.37. The van der Waals surface area contributed by atoms with Crippen molar-refractivity contribution in [3.05, 3.63) is 83.7 Å². The molecule has 1 aliphatic carbocycles. The van der Waals surface area contributed by atoms with Crippen molar-refractivity contribution in [3.63, 3.8) is 0 Å². The van der Waals surface area contributed by atoms with E-state index in [2.05, 4.69) is 26.9 Å². The highest BCUT2D eigenvalue weighted by molar-refractivity contribution is 5.85. The Morgan fingerprint density at radius 2 is 1.87 bits per heavy atom. The molecule has 2 unspecified atom stereocenters. The first-order valence-electron chi connectivity index (χ1n) is 14.2. The van der Waals surface area contributed by atoms with E-state index in [1.807, 2.05) is 0 Å². The summed E-state index contributed by atoms with van der Waals surface area (Å²) in [5.41, 5.74) is 4.47. The largest absolute Gasteiger partial charge is 0.453 e. The molecule has 2 aliphatic rings. The fourth-order valence-corrected chi connectivity index (χ4v) is 5.81. The van der Waals surface area contributed by atoms with Crippen LogP contribution in [0.3, 0.4) is 0 Å². The summed E-state index contributed by atoms with van der Waals surface area (Å²) in [4.78, 5) is 17.6. The number of halogens is 7. The van der Waals surface area contributed by atoms with Crippen molar-refractivity contribution < 1.29 is 39.9 Å². The predicted octanol–water partition coefficient (Wildman–Crippen LogP) is 5.69. The monoisotopic (exact) mass is 649 g/mol. The highest BCUT2D eigenvalue weighted by atomic mass is 19.4. The number of Topliss-reactive ketones (excluding diaryl/α,β-unsaturated/α-hetero) is 1. The molecular formula is C30H26F7N7O2. The van der Waals surface area contributed by atoms with Crippen molar-refractivity contribution in [2.24, 2.45) is 5.73 Å². The second kappa shape index (κ2) is 11.3. The van der Waals surface area contributed by atoms with Crippen LogP contribution in [0.2, 0.25) is 0 Å². The number of hydrogen-bond acceptors (Lipinski definition) is 8. The van der Waals surface area contributed by atoms with Gasteiger partial charge in [-0.25, -0.2) is 27.2 Å². The third-order valence-corrected chi connectivity index (χ3v) is 8.24. The van der Waals surface area contributed by atoms with Gasteiger partial charge in [0, 0.05) is 25.8 Å². The average Bonchev–Trinajstić information content (AvgIpc) is 3.76. The number of nitrogens with zero attached hydrogens (tertiary/aromatic N) is 6. The second-order valence-corrected chi connectivity index (χ2v) is 11.5. The van der Waals surface area contributed by atoms with Gasteiger partial charge in [0.15, 0.2) is 5.67 Å². The number of carbonyl (C=O) groups is 1. The van der Waals surface area contributed by atoms with Crippen molar-refractivity contribution in [2.75, 3.05) is 18.0 Å². The maximum absolute atomic E-state index is 16.5. The van der Waals surface area contributed by atoms with Crippen LogP contribution in [-0.4, -0.2) is 55.8 Å². The lowest BCUT2D eigenvalue weighted by molar-refractivity contribution is -0.144. The maximum atomic E-state index is 16.5. The molecule has 1 fully saturated rings. The number of nitrogens with two attached hydrogens (primary N) is 1. The molecule has 16 heteroatoms. The van der Waals surface area contributed by atoms with E-state index < -0.39 is 66.5 Å². The summed E-state index contributed by atoms with van der Waals surface area (Å²) >= 11 is 0. The topological polar surface area (TPSA) is 116 Å². The molecule has 2 aromatic heterocycles. The fourth-order valence-electron chi connectivity index (χ4n) is 5.81. The molecule has 9 nitrogen and oxygen atoms in total. The quantitative estimate of drug-likeness (QED) is 0.209. The zero-order valence-corrected chi connectivity index (χ0v) is 23.9. The van der Waals surface area contributed by atoms with Gasteiger partial charge in [0.2, 0.25) is 0 Å². The van der Waals surface area contributed by atoms with E-state index in [1.165, 1.54) is 23.1 Å². The lowest BCUT2D eigenvalue weighted by atomic mass is 9.74. The lowest BCUT2D eigenvalue weighted by Crippen LogP contribution is -2.40. The molecule has 2 N–H and O–H groups in total. The normalized spacial score (nSPS) is 23.2. The molecule has 46 heavy (non-hydrogen) atoms. The molecule has 0 bridgehead atoms. The van der Waals surface area contributed by atoms with Crippen molar-refractivity contribution in [2.45, 2.75) is 55.4 Å². The number of benzene rings is 2. The molecule has 0 amide bonds. The van der Waals surface area contributed by atoms with Crippen LogP contribution in [0.4, 0.5) is 36.7 Å². The van der Waals surface area contributed by atoms with E-state index in [-0.39, 0.29) is 53.7 Å². The minimum Gasteiger partial charge on any atom is -0.403 e. The predicted molar refractivity (Wildman–Crippen MR) is 149 cm³/mol. The molecule has 0 radical (unpaired) electrons. The Bertz CT molecular complexity index is 1790. The van der Waals surface area contributed by atoms with Crippen LogP contribution >= 0.6 is 0 Å². The first-order chi connectivity index (χ1) is 21.7. The van der Waals surface area contributed by atoms with Crippen LogP contribution in [0.5, 0.6) is 0 Å². The molecule has 242 valence electrons. The summed E-state index contributed by atoms with van der Waals surface area (Å²) in [6, 6.07) is 7.03. The average molecular weight is 650 g/mol. The first-order valence-corrected chi connectivity index (χ1v) is 14.2. The number of hydrogen-bond donors (Lipinski definition) is 1. The minimum absolute atomic E-state index is 0.0470. The highest BCUT2D eigenvalue weighted by Gasteiger charge is 2.42. The molecule has 1 aliphatic heterocycles. The van der Waals surface area contributed by atoms with Gasteiger partial charge in [0.25, 0.3) is 17.6 Å². The van der Waals surface area contributed by atoms with E-state index in [1.54, 1.807) is 12.1 Å². The summed E-state index contributed by atoms with van der Waals surface area (Å²) in [5.74, 6) is -6.70. The smallest absolute Gasteiger partial charge is 0.403 e. The second-order valence-electron chi connectivity index (χ2n) is 11.5.